The lowest BCUT2D eigenvalue weighted by molar-refractivity contribution is 0.660. The predicted molar refractivity (Wildman–Crippen MR) is 259 cm³/mol. The molecular formula is C59H46N2. The number of benzene rings is 9. The van der Waals surface area contributed by atoms with E-state index in [0.29, 0.717) is 0 Å². The molecule has 2 nitrogen and oxygen atoms in total. The molecule has 11 rings (SSSR count). The average molecular weight is 783 g/mol. The lowest BCUT2D eigenvalue weighted by atomic mass is 9.82. The Morgan fingerprint density at radius 2 is 0.787 bits per heavy atom. The van der Waals surface area contributed by atoms with E-state index in [2.05, 4.69) is 243 Å². The lowest BCUT2D eigenvalue weighted by Crippen LogP contribution is -2.17. The van der Waals surface area contributed by atoms with Crippen LogP contribution in [-0.4, -0.2) is 4.57 Å². The van der Waals surface area contributed by atoms with Crippen molar-refractivity contribution in [2.24, 2.45) is 0 Å². The lowest BCUT2D eigenvalue weighted by Gasteiger charge is -2.28. The van der Waals surface area contributed by atoms with E-state index >= 15 is 0 Å². The van der Waals surface area contributed by atoms with Gasteiger partial charge >= 0.3 is 0 Å². The summed E-state index contributed by atoms with van der Waals surface area (Å²) in [6, 6.07) is 76.2. The van der Waals surface area contributed by atoms with Crippen LogP contribution in [-0.2, 0) is 5.41 Å². The molecule has 0 aliphatic heterocycles. The van der Waals surface area contributed by atoms with Gasteiger partial charge in [-0.2, -0.15) is 0 Å². The number of hydrogen-bond acceptors (Lipinski definition) is 1. The zero-order valence-corrected chi connectivity index (χ0v) is 35.0. The SMILES string of the molecule is Cc1ccc(-c2cc(-c3ccc(C)cc3)cc(-c3ccc(N(c4ccccc4)c4ccc5c(c4)C(C)(C)c4cc(-n6c7ccccc7c7ccccc76)ccc4-5)cc3)c2)cc1. The molecule has 0 saturated heterocycles. The van der Waals surface area contributed by atoms with E-state index in [1.807, 2.05) is 0 Å². The van der Waals surface area contributed by atoms with E-state index < -0.39 is 0 Å². The van der Waals surface area contributed by atoms with Gasteiger partial charge in [-0.05, 0) is 148 Å². The van der Waals surface area contributed by atoms with Crippen molar-refractivity contribution in [3.63, 3.8) is 0 Å². The summed E-state index contributed by atoms with van der Waals surface area (Å²) in [5.41, 5.74) is 21.9. The van der Waals surface area contributed by atoms with Gasteiger partial charge in [0.15, 0.2) is 0 Å². The number of aromatic nitrogens is 1. The van der Waals surface area contributed by atoms with Crippen molar-refractivity contribution in [1.82, 2.24) is 4.57 Å². The van der Waals surface area contributed by atoms with Gasteiger partial charge < -0.3 is 9.47 Å². The van der Waals surface area contributed by atoms with Crippen molar-refractivity contribution >= 4 is 38.9 Å². The first kappa shape index (κ1) is 36.6. The van der Waals surface area contributed by atoms with E-state index in [1.165, 1.54) is 94.3 Å². The van der Waals surface area contributed by atoms with Crippen LogP contribution in [0.4, 0.5) is 17.1 Å². The normalized spacial score (nSPS) is 12.7. The molecule has 10 aromatic rings. The highest BCUT2D eigenvalue weighted by Gasteiger charge is 2.36. The maximum Gasteiger partial charge on any atom is 0.0541 e. The summed E-state index contributed by atoms with van der Waals surface area (Å²) in [5.74, 6) is 0. The van der Waals surface area contributed by atoms with Gasteiger partial charge in [0.05, 0.1) is 11.0 Å². The van der Waals surface area contributed by atoms with E-state index in [4.69, 9.17) is 0 Å². The third kappa shape index (κ3) is 6.26. The molecule has 0 spiro atoms. The third-order valence-electron chi connectivity index (χ3n) is 12.9. The Labute approximate surface area is 358 Å². The van der Waals surface area contributed by atoms with E-state index in [1.54, 1.807) is 0 Å². The number of nitrogens with zero attached hydrogens (tertiary/aromatic N) is 2. The van der Waals surface area contributed by atoms with Crippen LogP contribution in [0.3, 0.4) is 0 Å². The molecule has 61 heavy (non-hydrogen) atoms. The summed E-state index contributed by atoms with van der Waals surface area (Å²) >= 11 is 0. The summed E-state index contributed by atoms with van der Waals surface area (Å²) in [4.78, 5) is 2.40. The summed E-state index contributed by atoms with van der Waals surface area (Å²) in [7, 11) is 0. The van der Waals surface area contributed by atoms with Crippen LogP contribution in [0.1, 0.15) is 36.1 Å². The fourth-order valence-electron chi connectivity index (χ4n) is 9.64. The molecule has 0 N–H and O–H groups in total. The van der Waals surface area contributed by atoms with Gasteiger partial charge in [-0.25, -0.2) is 0 Å². The van der Waals surface area contributed by atoms with Crippen molar-refractivity contribution in [3.05, 3.63) is 229 Å². The van der Waals surface area contributed by atoms with Crippen molar-refractivity contribution in [2.45, 2.75) is 33.1 Å². The molecule has 0 unspecified atom stereocenters. The molecule has 0 atom stereocenters. The first-order valence-electron chi connectivity index (χ1n) is 21.3. The summed E-state index contributed by atoms with van der Waals surface area (Å²) in [5, 5.41) is 2.56. The second-order valence-corrected chi connectivity index (χ2v) is 17.2. The smallest absolute Gasteiger partial charge is 0.0541 e. The highest BCUT2D eigenvalue weighted by atomic mass is 15.1. The van der Waals surface area contributed by atoms with Crippen LogP contribution in [0.5, 0.6) is 0 Å². The number of rotatable bonds is 7. The zero-order chi connectivity index (χ0) is 41.2. The quantitative estimate of drug-likeness (QED) is 0.156. The van der Waals surface area contributed by atoms with Gasteiger partial charge in [-0.3, -0.25) is 0 Å². The van der Waals surface area contributed by atoms with Gasteiger partial charge in [-0.1, -0.05) is 152 Å². The van der Waals surface area contributed by atoms with Crippen molar-refractivity contribution in [2.75, 3.05) is 4.90 Å². The third-order valence-corrected chi connectivity index (χ3v) is 12.9. The first-order valence-corrected chi connectivity index (χ1v) is 21.3. The predicted octanol–water partition coefficient (Wildman–Crippen LogP) is 16.2. The largest absolute Gasteiger partial charge is 0.310 e. The molecule has 0 radical (unpaired) electrons. The number of anilines is 3. The van der Waals surface area contributed by atoms with E-state index in [-0.39, 0.29) is 5.41 Å². The topological polar surface area (TPSA) is 8.17 Å². The van der Waals surface area contributed by atoms with Crippen LogP contribution in [0.15, 0.2) is 206 Å². The van der Waals surface area contributed by atoms with Gasteiger partial charge in [0, 0.05) is 38.9 Å². The molecule has 1 heterocycles. The zero-order valence-electron chi connectivity index (χ0n) is 35.0. The first-order chi connectivity index (χ1) is 29.8. The van der Waals surface area contributed by atoms with Gasteiger partial charge in [0.2, 0.25) is 0 Å². The Hall–Kier alpha value is -7.42. The molecular weight excluding hydrogens is 737 g/mol. The molecule has 1 aliphatic carbocycles. The van der Waals surface area contributed by atoms with Crippen LogP contribution in [0.2, 0.25) is 0 Å². The number of aryl methyl sites for hydroxylation is 2. The molecule has 9 aromatic carbocycles. The Kier molecular flexibility index (Phi) is 8.65. The van der Waals surface area contributed by atoms with Crippen molar-refractivity contribution in [1.29, 1.82) is 0 Å². The average Bonchev–Trinajstić information content (AvgIpc) is 3.75. The van der Waals surface area contributed by atoms with Crippen LogP contribution >= 0.6 is 0 Å². The summed E-state index contributed by atoms with van der Waals surface area (Å²) < 4.78 is 2.43. The van der Waals surface area contributed by atoms with Gasteiger partial charge in [0.1, 0.15) is 0 Å². The van der Waals surface area contributed by atoms with Crippen LogP contribution in [0, 0.1) is 13.8 Å². The molecule has 0 amide bonds. The maximum absolute atomic E-state index is 2.43. The van der Waals surface area contributed by atoms with Gasteiger partial charge in [-0.15, -0.1) is 0 Å². The monoisotopic (exact) mass is 782 g/mol. The Morgan fingerprint density at radius 3 is 1.33 bits per heavy atom. The molecule has 1 aliphatic rings. The minimum Gasteiger partial charge on any atom is -0.310 e. The van der Waals surface area contributed by atoms with E-state index in [0.717, 1.165) is 17.1 Å². The molecule has 0 fully saturated rings. The number of hydrogen-bond donors (Lipinski definition) is 0. The molecule has 0 bridgehead atoms. The standard InChI is InChI=1S/C59H46N2/c1-39-18-22-41(23-19-39)44-34-45(42-24-20-40(2)21-25-42)36-46(35-44)43-26-28-48(29-27-43)60(47-12-6-5-7-13-47)49-30-32-51-52-33-31-50(38-56(52)59(3,4)55(51)37-49)61-57-16-10-8-14-53(57)54-15-9-11-17-58(54)61/h5-38H,1-4H3. The fourth-order valence-corrected chi connectivity index (χ4v) is 9.64. The Balaban J connectivity index is 0.980. The van der Waals surface area contributed by atoms with Crippen molar-refractivity contribution in [3.8, 4) is 50.2 Å². The summed E-state index contributed by atoms with van der Waals surface area (Å²) in [6.45, 7) is 9.05. The minimum absolute atomic E-state index is 0.209. The van der Waals surface area contributed by atoms with E-state index in [9.17, 15) is 0 Å². The molecule has 0 saturated carbocycles. The van der Waals surface area contributed by atoms with Crippen LogP contribution < -0.4 is 4.90 Å². The number of fused-ring (bicyclic) bond motifs is 6. The van der Waals surface area contributed by atoms with Gasteiger partial charge in [0.25, 0.3) is 0 Å². The Bertz CT molecular complexity index is 3140. The molecule has 2 heteroatoms. The fraction of sp³-hybridized carbons (Fsp3) is 0.0847. The highest BCUT2D eigenvalue weighted by Crippen LogP contribution is 2.51. The van der Waals surface area contributed by atoms with Crippen LogP contribution in [0.25, 0.3) is 72.0 Å². The highest BCUT2D eigenvalue weighted by molar-refractivity contribution is 6.09. The Morgan fingerprint density at radius 1 is 0.361 bits per heavy atom. The van der Waals surface area contributed by atoms with Crippen molar-refractivity contribution < 1.29 is 0 Å². The molecule has 1 aromatic heterocycles. The summed E-state index contributed by atoms with van der Waals surface area (Å²) in [6.07, 6.45) is 0. The number of para-hydroxylation sites is 3. The second kappa shape index (κ2) is 14.4. The second-order valence-electron chi connectivity index (χ2n) is 17.2. The molecule has 292 valence electrons. The minimum atomic E-state index is -0.209. The maximum atomic E-state index is 2.43.